The summed E-state index contributed by atoms with van der Waals surface area (Å²) in [6, 6.07) is 13.2. The number of aromatic nitrogens is 3. The number of benzene rings is 1. The first-order valence-corrected chi connectivity index (χ1v) is 8.34. The van der Waals surface area contributed by atoms with E-state index in [4.69, 9.17) is 4.74 Å². The zero-order valence-electron chi connectivity index (χ0n) is 14.7. The van der Waals surface area contributed by atoms with E-state index < -0.39 is 0 Å². The van der Waals surface area contributed by atoms with Gasteiger partial charge >= 0.3 is 0 Å². The summed E-state index contributed by atoms with van der Waals surface area (Å²) in [7, 11) is 0. The average molecular weight is 348 g/mol. The number of hydrogen-bond donors (Lipinski definition) is 1. The van der Waals surface area contributed by atoms with Crippen molar-refractivity contribution in [2.45, 2.75) is 26.5 Å². The Morgan fingerprint density at radius 3 is 2.73 bits per heavy atom. The minimum Gasteiger partial charge on any atom is -0.487 e. The van der Waals surface area contributed by atoms with E-state index in [0.717, 1.165) is 22.7 Å². The predicted molar refractivity (Wildman–Crippen MR) is 97.7 cm³/mol. The van der Waals surface area contributed by atoms with Crippen molar-refractivity contribution in [3.8, 4) is 5.75 Å². The van der Waals surface area contributed by atoms with Crippen LogP contribution in [0.5, 0.6) is 5.75 Å². The number of ether oxygens (including phenoxy) is 1. The Kier molecular flexibility index (Phi) is 5.53. The smallest absolute Gasteiger partial charge is 0.271 e. The first-order chi connectivity index (χ1) is 12.6. The monoisotopic (exact) mass is 348 g/mol. The highest BCUT2D eigenvalue weighted by atomic mass is 16.5. The number of amides is 1. The molecule has 0 fully saturated rings. The molecule has 2 heterocycles. The number of hydrogen-bond acceptors (Lipinski definition) is 5. The van der Waals surface area contributed by atoms with E-state index in [-0.39, 0.29) is 11.9 Å². The van der Waals surface area contributed by atoms with Gasteiger partial charge in [0.2, 0.25) is 0 Å². The Labute approximate surface area is 152 Å². The van der Waals surface area contributed by atoms with Crippen LogP contribution in [0.4, 0.5) is 0 Å². The molecule has 0 aliphatic heterocycles. The molecule has 6 heteroatoms. The van der Waals surface area contributed by atoms with Crippen LogP contribution in [0.15, 0.2) is 61.1 Å². The summed E-state index contributed by atoms with van der Waals surface area (Å²) in [5.74, 6) is 0.467. The normalized spacial score (nSPS) is 11.6. The first-order valence-electron chi connectivity index (χ1n) is 8.34. The lowest BCUT2D eigenvalue weighted by molar-refractivity contribution is 0.0934. The molecule has 0 saturated heterocycles. The van der Waals surface area contributed by atoms with Gasteiger partial charge in [-0.3, -0.25) is 14.8 Å². The van der Waals surface area contributed by atoms with E-state index in [1.807, 2.05) is 56.3 Å². The van der Waals surface area contributed by atoms with Crippen molar-refractivity contribution in [2.75, 3.05) is 0 Å². The molecule has 1 atom stereocenters. The van der Waals surface area contributed by atoms with Crippen molar-refractivity contribution in [1.82, 2.24) is 20.3 Å². The number of carbonyl (C=O) groups is 1. The number of nitrogens with zero attached hydrogens (tertiary/aromatic N) is 3. The van der Waals surface area contributed by atoms with Crippen LogP contribution in [-0.4, -0.2) is 20.9 Å². The lowest BCUT2D eigenvalue weighted by atomic mass is 10.1. The summed E-state index contributed by atoms with van der Waals surface area (Å²) in [4.78, 5) is 24.7. The van der Waals surface area contributed by atoms with Crippen LogP contribution in [0.2, 0.25) is 0 Å². The van der Waals surface area contributed by atoms with E-state index in [1.54, 1.807) is 12.4 Å². The highest BCUT2D eigenvalue weighted by molar-refractivity contribution is 5.92. The van der Waals surface area contributed by atoms with Crippen LogP contribution in [0.1, 0.15) is 40.4 Å². The van der Waals surface area contributed by atoms with Crippen LogP contribution in [0.25, 0.3) is 0 Å². The molecule has 0 bridgehead atoms. The van der Waals surface area contributed by atoms with Crippen LogP contribution in [-0.2, 0) is 6.61 Å². The molecule has 0 aliphatic rings. The fourth-order valence-electron chi connectivity index (χ4n) is 2.38. The lowest BCUT2D eigenvalue weighted by Gasteiger charge is -2.15. The third-order valence-electron chi connectivity index (χ3n) is 3.83. The maximum absolute atomic E-state index is 12.3. The van der Waals surface area contributed by atoms with Gasteiger partial charge in [0.1, 0.15) is 18.1 Å². The molecule has 2 aromatic heterocycles. The first kappa shape index (κ1) is 17.5. The molecular weight excluding hydrogens is 328 g/mol. The molecule has 3 aromatic rings. The zero-order chi connectivity index (χ0) is 18.4. The van der Waals surface area contributed by atoms with Gasteiger partial charge in [-0.05, 0) is 43.7 Å². The third-order valence-corrected chi connectivity index (χ3v) is 3.83. The summed E-state index contributed by atoms with van der Waals surface area (Å²) >= 11 is 0. The largest absolute Gasteiger partial charge is 0.487 e. The average Bonchev–Trinajstić information content (AvgIpc) is 2.68. The summed E-state index contributed by atoms with van der Waals surface area (Å²) in [5.41, 5.74) is 2.87. The Hall–Kier alpha value is -3.28. The molecule has 0 aliphatic carbocycles. The molecule has 26 heavy (non-hydrogen) atoms. The molecule has 3 rings (SSSR count). The zero-order valence-corrected chi connectivity index (χ0v) is 14.7. The second kappa shape index (κ2) is 8.20. The second-order valence-corrected chi connectivity index (χ2v) is 5.92. The number of pyridine rings is 1. The van der Waals surface area contributed by atoms with Crippen molar-refractivity contribution < 1.29 is 9.53 Å². The minimum absolute atomic E-state index is 0.191. The van der Waals surface area contributed by atoms with Crippen molar-refractivity contribution in [2.24, 2.45) is 0 Å². The summed E-state index contributed by atoms with van der Waals surface area (Å²) in [6.45, 7) is 4.13. The lowest BCUT2D eigenvalue weighted by Crippen LogP contribution is -2.27. The summed E-state index contributed by atoms with van der Waals surface area (Å²) < 4.78 is 5.79. The van der Waals surface area contributed by atoms with Gasteiger partial charge in [0.05, 0.1) is 23.6 Å². The molecule has 1 amide bonds. The molecule has 0 unspecified atom stereocenters. The van der Waals surface area contributed by atoms with E-state index in [9.17, 15) is 4.79 Å². The van der Waals surface area contributed by atoms with Gasteiger partial charge in [-0.2, -0.15) is 0 Å². The van der Waals surface area contributed by atoms with Gasteiger partial charge in [-0.15, -0.1) is 0 Å². The SMILES string of the molecule is Cc1cnc(C(=O)N[C@H](C)c2cccc(OCc3ccccn3)c2)cn1. The van der Waals surface area contributed by atoms with Crippen molar-refractivity contribution in [1.29, 1.82) is 0 Å². The van der Waals surface area contributed by atoms with Crippen LogP contribution >= 0.6 is 0 Å². The molecule has 0 saturated carbocycles. The standard InChI is InChI=1S/C20H20N4O2/c1-14-11-23-19(12-22-14)20(25)24-15(2)16-6-5-8-18(10-16)26-13-17-7-3-4-9-21-17/h3-12,15H,13H2,1-2H3,(H,24,25)/t15-/m1/s1. The quantitative estimate of drug-likeness (QED) is 0.740. The number of carbonyl (C=O) groups excluding carboxylic acids is 1. The van der Waals surface area contributed by atoms with Gasteiger partial charge in [0.25, 0.3) is 5.91 Å². The molecule has 132 valence electrons. The van der Waals surface area contributed by atoms with Gasteiger partial charge in [-0.25, -0.2) is 4.98 Å². The van der Waals surface area contributed by atoms with Crippen molar-refractivity contribution >= 4 is 5.91 Å². The minimum atomic E-state index is -0.259. The number of rotatable bonds is 6. The highest BCUT2D eigenvalue weighted by Crippen LogP contribution is 2.20. The van der Waals surface area contributed by atoms with E-state index in [2.05, 4.69) is 20.3 Å². The fourth-order valence-corrected chi connectivity index (χ4v) is 2.38. The molecule has 0 radical (unpaired) electrons. The fraction of sp³-hybridized carbons (Fsp3) is 0.200. The van der Waals surface area contributed by atoms with Crippen LogP contribution < -0.4 is 10.1 Å². The summed E-state index contributed by atoms with van der Waals surface area (Å²) in [5, 5.41) is 2.92. The van der Waals surface area contributed by atoms with Gasteiger partial charge in [-0.1, -0.05) is 18.2 Å². The van der Waals surface area contributed by atoms with E-state index >= 15 is 0 Å². The maximum atomic E-state index is 12.3. The molecule has 6 nitrogen and oxygen atoms in total. The Balaban J connectivity index is 1.63. The maximum Gasteiger partial charge on any atom is 0.271 e. The molecule has 0 spiro atoms. The highest BCUT2D eigenvalue weighted by Gasteiger charge is 2.13. The third kappa shape index (κ3) is 4.63. The summed E-state index contributed by atoms with van der Waals surface area (Å²) in [6.07, 6.45) is 4.79. The van der Waals surface area contributed by atoms with E-state index in [1.165, 1.54) is 6.20 Å². The molecular formula is C20H20N4O2. The topological polar surface area (TPSA) is 77.0 Å². The van der Waals surface area contributed by atoms with Gasteiger partial charge in [0, 0.05) is 12.4 Å². The van der Waals surface area contributed by atoms with E-state index in [0.29, 0.717) is 12.3 Å². The van der Waals surface area contributed by atoms with Crippen molar-refractivity contribution in [3.05, 3.63) is 83.7 Å². The van der Waals surface area contributed by atoms with Crippen LogP contribution in [0, 0.1) is 6.92 Å². The predicted octanol–water partition coefficient (Wildman–Crippen LogP) is 3.25. The molecule has 1 aromatic carbocycles. The van der Waals surface area contributed by atoms with Crippen LogP contribution in [0.3, 0.4) is 0 Å². The Morgan fingerprint density at radius 2 is 2.00 bits per heavy atom. The number of nitrogens with one attached hydrogen (secondary N) is 1. The number of aryl methyl sites for hydroxylation is 1. The molecule has 1 N–H and O–H groups in total. The van der Waals surface area contributed by atoms with Gasteiger partial charge in [0.15, 0.2) is 0 Å². The Morgan fingerprint density at radius 1 is 1.12 bits per heavy atom. The Bertz CT molecular complexity index is 866. The second-order valence-electron chi connectivity index (χ2n) is 5.92. The van der Waals surface area contributed by atoms with Crippen molar-refractivity contribution in [3.63, 3.8) is 0 Å². The van der Waals surface area contributed by atoms with Gasteiger partial charge < -0.3 is 10.1 Å².